The van der Waals surface area contributed by atoms with E-state index in [1.165, 1.54) is 16.0 Å². The summed E-state index contributed by atoms with van der Waals surface area (Å²) in [4.78, 5) is 1.29. The molecule has 2 heterocycles. The number of hydrogen-bond acceptors (Lipinski definition) is 4. The van der Waals surface area contributed by atoms with Crippen LogP contribution in [0.1, 0.15) is 22.0 Å². The van der Waals surface area contributed by atoms with Gasteiger partial charge in [0.25, 0.3) is 0 Å². The molecule has 94 valence electrons. The minimum Gasteiger partial charge on any atom is -0.488 e. The van der Waals surface area contributed by atoms with Gasteiger partial charge in [0, 0.05) is 11.3 Å². The Balaban J connectivity index is 1.83. The number of hydrogen-bond donors (Lipinski definition) is 2. The lowest BCUT2D eigenvalue weighted by atomic mass is 10.0. The number of hydrazine groups is 1. The summed E-state index contributed by atoms with van der Waals surface area (Å²) in [5.41, 5.74) is 5.36. The van der Waals surface area contributed by atoms with E-state index >= 15 is 0 Å². The van der Waals surface area contributed by atoms with Gasteiger partial charge in [-0.15, -0.1) is 11.3 Å². The number of ether oxygens (including phenoxy) is 1. The second-order valence-corrected chi connectivity index (χ2v) is 5.72. The lowest BCUT2D eigenvalue weighted by Crippen LogP contribution is -2.38. The maximum atomic E-state index is 5.99. The highest BCUT2D eigenvalue weighted by molar-refractivity contribution is 7.10. The van der Waals surface area contributed by atoms with Gasteiger partial charge in [0.2, 0.25) is 0 Å². The van der Waals surface area contributed by atoms with Crippen LogP contribution >= 0.6 is 11.3 Å². The number of nitrogens with two attached hydrogens (primary N) is 1. The molecule has 0 aliphatic carbocycles. The third-order valence-corrected chi connectivity index (χ3v) is 4.21. The Morgan fingerprint density at radius 2 is 2.28 bits per heavy atom. The van der Waals surface area contributed by atoms with E-state index in [9.17, 15) is 0 Å². The summed E-state index contributed by atoms with van der Waals surface area (Å²) >= 11 is 1.74. The van der Waals surface area contributed by atoms with E-state index in [1.807, 2.05) is 18.2 Å². The summed E-state index contributed by atoms with van der Waals surface area (Å²) in [6, 6.07) is 10.4. The Morgan fingerprint density at radius 1 is 1.44 bits per heavy atom. The number of nitrogens with one attached hydrogen (secondary N) is 1. The van der Waals surface area contributed by atoms with E-state index in [0.29, 0.717) is 0 Å². The number of aryl methyl sites for hydroxylation is 1. The van der Waals surface area contributed by atoms with Crippen LogP contribution in [0, 0.1) is 6.92 Å². The zero-order valence-corrected chi connectivity index (χ0v) is 11.0. The van der Waals surface area contributed by atoms with Gasteiger partial charge in [0.15, 0.2) is 0 Å². The van der Waals surface area contributed by atoms with Crippen molar-refractivity contribution in [2.45, 2.75) is 25.5 Å². The molecule has 1 aromatic carbocycles. The maximum absolute atomic E-state index is 5.99. The van der Waals surface area contributed by atoms with Gasteiger partial charge in [0.1, 0.15) is 11.9 Å². The summed E-state index contributed by atoms with van der Waals surface area (Å²) < 4.78 is 5.99. The van der Waals surface area contributed by atoms with E-state index in [1.54, 1.807) is 11.3 Å². The molecule has 3 rings (SSSR count). The van der Waals surface area contributed by atoms with E-state index in [2.05, 4.69) is 29.9 Å². The van der Waals surface area contributed by atoms with Crippen LogP contribution in [0.15, 0.2) is 35.7 Å². The lowest BCUT2D eigenvalue weighted by molar-refractivity contribution is 0.179. The van der Waals surface area contributed by atoms with E-state index in [-0.39, 0.29) is 12.1 Å². The fourth-order valence-corrected chi connectivity index (χ4v) is 3.18. The van der Waals surface area contributed by atoms with Gasteiger partial charge < -0.3 is 4.74 Å². The van der Waals surface area contributed by atoms with Crippen LogP contribution in [0.3, 0.4) is 0 Å². The molecule has 1 aliphatic rings. The van der Waals surface area contributed by atoms with Gasteiger partial charge in [-0.1, -0.05) is 18.2 Å². The summed E-state index contributed by atoms with van der Waals surface area (Å²) in [5, 5.41) is 2.15. The summed E-state index contributed by atoms with van der Waals surface area (Å²) in [7, 11) is 0. The zero-order valence-electron chi connectivity index (χ0n) is 10.2. The molecular weight excluding hydrogens is 244 g/mol. The average Bonchev–Trinajstić information content (AvgIpc) is 2.96. The predicted molar refractivity (Wildman–Crippen MR) is 73.7 cm³/mol. The highest BCUT2D eigenvalue weighted by atomic mass is 32.1. The molecule has 2 aromatic rings. The normalized spacial score (nSPS) is 19.3. The molecule has 1 aromatic heterocycles. The summed E-state index contributed by atoms with van der Waals surface area (Å²) in [5.74, 6) is 6.68. The second-order valence-electron chi connectivity index (χ2n) is 4.60. The number of rotatable bonds is 3. The van der Waals surface area contributed by atoms with Gasteiger partial charge in [-0.3, -0.25) is 5.84 Å². The van der Waals surface area contributed by atoms with Crippen LogP contribution in [0.2, 0.25) is 0 Å². The molecule has 0 fully saturated rings. The van der Waals surface area contributed by atoms with Gasteiger partial charge >= 0.3 is 0 Å². The van der Waals surface area contributed by atoms with Crippen molar-refractivity contribution in [3.8, 4) is 5.75 Å². The quantitative estimate of drug-likeness (QED) is 0.658. The van der Waals surface area contributed by atoms with Crippen LogP contribution in [0.25, 0.3) is 0 Å². The first-order valence-corrected chi connectivity index (χ1v) is 6.91. The monoisotopic (exact) mass is 260 g/mol. The molecule has 1 aliphatic heterocycles. The van der Waals surface area contributed by atoms with Crippen molar-refractivity contribution >= 4 is 11.3 Å². The van der Waals surface area contributed by atoms with Crippen molar-refractivity contribution in [3.05, 3.63) is 51.7 Å². The molecule has 0 spiro atoms. The molecule has 3 nitrogen and oxygen atoms in total. The van der Waals surface area contributed by atoms with E-state index in [0.717, 1.165) is 12.2 Å². The fraction of sp³-hybridized carbons (Fsp3) is 0.286. The van der Waals surface area contributed by atoms with Gasteiger partial charge in [0.05, 0.1) is 6.04 Å². The van der Waals surface area contributed by atoms with Crippen molar-refractivity contribution in [2.75, 3.05) is 0 Å². The van der Waals surface area contributed by atoms with Crippen molar-refractivity contribution < 1.29 is 4.74 Å². The highest BCUT2D eigenvalue weighted by Gasteiger charge is 2.30. The Morgan fingerprint density at radius 3 is 2.94 bits per heavy atom. The smallest absolute Gasteiger partial charge is 0.124 e. The molecule has 0 saturated carbocycles. The van der Waals surface area contributed by atoms with Crippen LogP contribution in [0.5, 0.6) is 5.75 Å². The molecular formula is C14H16N2OS. The number of para-hydroxylation sites is 1. The largest absolute Gasteiger partial charge is 0.488 e. The van der Waals surface area contributed by atoms with Crippen LogP contribution in [0.4, 0.5) is 0 Å². The van der Waals surface area contributed by atoms with Crippen LogP contribution in [-0.2, 0) is 6.42 Å². The molecule has 2 atom stereocenters. The zero-order chi connectivity index (χ0) is 12.5. The molecule has 0 radical (unpaired) electrons. The molecule has 18 heavy (non-hydrogen) atoms. The fourth-order valence-electron chi connectivity index (χ4n) is 2.44. The lowest BCUT2D eigenvalue weighted by Gasteiger charge is -2.21. The van der Waals surface area contributed by atoms with Crippen molar-refractivity contribution in [1.29, 1.82) is 0 Å². The Bertz CT molecular complexity index is 527. The van der Waals surface area contributed by atoms with Crippen LogP contribution < -0.4 is 16.0 Å². The number of thiophene rings is 1. The molecule has 4 heteroatoms. The third kappa shape index (κ3) is 2.03. The van der Waals surface area contributed by atoms with Crippen LogP contribution in [-0.4, -0.2) is 6.10 Å². The summed E-state index contributed by atoms with van der Waals surface area (Å²) in [6.45, 7) is 2.10. The predicted octanol–water partition coefficient (Wildman–Crippen LogP) is 2.56. The number of benzene rings is 1. The topological polar surface area (TPSA) is 47.3 Å². The Labute approximate surface area is 111 Å². The maximum Gasteiger partial charge on any atom is 0.124 e. The van der Waals surface area contributed by atoms with Gasteiger partial charge in [-0.25, -0.2) is 5.43 Å². The average molecular weight is 260 g/mol. The van der Waals surface area contributed by atoms with Crippen molar-refractivity contribution in [2.24, 2.45) is 5.84 Å². The standard InChI is InChI=1S/C14H16N2OS/c1-9-6-11(8-18-9)14(16-15)13-7-10-4-2-3-5-12(10)17-13/h2-6,8,13-14,16H,7,15H2,1H3. The van der Waals surface area contributed by atoms with E-state index in [4.69, 9.17) is 10.6 Å². The number of fused-ring (bicyclic) bond motifs is 1. The Hall–Kier alpha value is -1.36. The molecule has 0 bridgehead atoms. The van der Waals surface area contributed by atoms with Crippen molar-refractivity contribution in [1.82, 2.24) is 5.43 Å². The first kappa shape index (κ1) is 11.7. The first-order valence-electron chi connectivity index (χ1n) is 6.03. The second kappa shape index (κ2) is 4.72. The minimum atomic E-state index is 0.0438. The van der Waals surface area contributed by atoms with Gasteiger partial charge in [-0.2, -0.15) is 0 Å². The van der Waals surface area contributed by atoms with Crippen molar-refractivity contribution in [3.63, 3.8) is 0 Å². The molecule has 0 amide bonds. The highest BCUT2D eigenvalue weighted by Crippen LogP contribution is 2.34. The Kier molecular flexibility index (Phi) is 3.07. The third-order valence-electron chi connectivity index (χ3n) is 3.33. The first-order chi connectivity index (χ1) is 8.78. The molecule has 2 unspecified atom stereocenters. The molecule has 0 saturated heterocycles. The minimum absolute atomic E-state index is 0.0438. The summed E-state index contributed by atoms with van der Waals surface area (Å²) in [6.07, 6.45) is 0.973. The molecule has 3 N–H and O–H groups in total. The van der Waals surface area contributed by atoms with Gasteiger partial charge in [-0.05, 0) is 35.6 Å². The van der Waals surface area contributed by atoms with E-state index < -0.39 is 0 Å². The SMILES string of the molecule is Cc1cc(C(NN)C2Cc3ccccc3O2)cs1.